The maximum absolute atomic E-state index is 12.8. The van der Waals surface area contributed by atoms with Crippen molar-refractivity contribution in [2.45, 2.75) is 19.4 Å². The van der Waals surface area contributed by atoms with Gasteiger partial charge in [0.05, 0.1) is 25.8 Å². The Morgan fingerprint density at radius 2 is 1.85 bits per heavy atom. The number of anilines is 1. The Kier molecular flexibility index (Phi) is 6.92. The number of carbonyl (C=O) groups is 1. The Balaban J connectivity index is 1.44. The Bertz CT molecular complexity index is 1160. The molecule has 1 saturated heterocycles. The van der Waals surface area contributed by atoms with Crippen LogP contribution in [0.3, 0.4) is 0 Å². The number of nitrogens with one attached hydrogen (secondary N) is 1. The summed E-state index contributed by atoms with van der Waals surface area (Å²) in [5.41, 5.74) is 1.43. The highest BCUT2D eigenvalue weighted by Gasteiger charge is 2.27. The average molecular weight is 449 g/mol. The summed E-state index contributed by atoms with van der Waals surface area (Å²) in [7, 11) is 3.22. The van der Waals surface area contributed by atoms with Gasteiger partial charge in [-0.3, -0.25) is 9.59 Å². The molecular weight excluding hydrogens is 420 g/mol. The van der Waals surface area contributed by atoms with Crippen LogP contribution in [0.15, 0.2) is 65.5 Å². The highest BCUT2D eigenvalue weighted by atomic mass is 16.5. The fourth-order valence-electron chi connectivity index (χ4n) is 3.99. The minimum atomic E-state index is -0.214. The van der Waals surface area contributed by atoms with Crippen molar-refractivity contribution in [2.24, 2.45) is 5.92 Å². The second kappa shape index (κ2) is 10.2. The summed E-state index contributed by atoms with van der Waals surface area (Å²) in [5, 5.41) is 7.61. The zero-order valence-electron chi connectivity index (χ0n) is 18.9. The summed E-state index contributed by atoms with van der Waals surface area (Å²) in [6.45, 7) is 1.79. The SMILES string of the molecule is COc1ccc(-n2nc(N3CCC[C@@H](C(=O)NCc4cccc(OC)c4)C3)ccc2=O)cc1. The maximum atomic E-state index is 12.8. The van der Waals surface area contributed by atoms with E-state index >= 15 is 0 Å². The quantitative estimate of drug-likeness (QED) is 0.598. The minimum absolute atomic E-state index is 0.0194. The van der Waals surface area contributed by atoms with E-state index in [1.807, 2.05) is 24.3 Å². The number of benzene rings is 2. The van der Waals surface area contributed by atoms with Gasteiger partial charge >= 0.3 is 0 Å². The number of rotatable bonds is 7. The van der Waals surface area contributed by atoms with Crippen molar-refractivity contribution >= 4 is 11.7 Å². The molecule has 1 N–H and O–H groups in total. The number of amides is 1. The lowest BCUT2D eigenvalue weighted by atomic mass is 9.97. The third-order valence-corrected chi connectivity index (χ3v) is 5.82. The van der Waals surface area contributed by atoms with Crippen molar-refractivity contribution in [1.82, 2.24) is 15.1 Å². The number of aromatic nitrogens is 2. The van der Waals surface area contributed by atoms with Gasteiger partial charge in [-0.2, -0.15) is 4.68 Å². The van der Waals surface area contributed by atoms with Crippen LogP contribution < -0.4 is 25.2 Å². The molecule has 1 amide bonds. The molecule has 3 aromatic rings. The molecule has 1 aliphatic rings. The van der Waals surface area contributed by atoms with Crippen molar-refractivity contribution in [1.29, 1.82) is 0 Å². The Morgan fingerprint density at radius 3 is 2.61 bits per heavy atom. The predicted octanol–water partition coefficient (Wildman–Crippen LogP) is 2.78. The molecule has 1 aliphatic heterocycles. The highest BCUT2D eigenvalue weighted by Crippen LogP contribution is 2.22. The zero-order valence-corrected chi connectivity index (χ0v) is 18.9. The van der Waals surface area contributed by atoms with Gasteiger partial charge in [0, 0.05) is 25.7 Å². The molecule has 0 spiro atoms. The lowest BCUT2D eigenvalue weighted by Gasteiger charge is -2.33. The molecule has 2 aromatic carbocycles. The Hall–Kier alpha value is -3.81. The smallest absolute Gasteiger partial charge is 0.271 e. The van der Waals surface area contributed by atoms with Crippen molar-refractivity contribution < 1.29 is 14.3 Å². The topological polar surface area (TPSA) is 85.7 Å². The largest absolute Gasteiger partial charge is 0.497 e. The van der Waals surface area contributed by atoms with Crippen LogP contribution in [0.5, 0.6) is 11.5 Å². The van der Waals surface area contributed by atoms with Crippen LogP contribution in [0.4, 0.5) is 5.82 Å². The van der Waals surface area contributed by atoms with Gasteiger partial charge in [-0.05, 0) is 60.9 Å². The number of hydrogen-bond donors (Lipinski definition) is 1. The maximum Gasteiger partial charge on any atom is 0.271 e. The number of carbonyl (C=O) groups excluding carboxylic acids is 1. The molecule has 4 rings (SSSR count). The molecule has 172 valence electrons. The van der Waals surface area contributed by atoms with Gasteiger partial charge in [0.15, 0.2) is 0 Å². The third-order valence-electron chi connectivity index (χ3n) is 5.82. The minimum Gasteiger partial charge on any atom is -0.497 e. The monoisotopic (exact) mass is 448 g/mol. The van der Waals surface area contributed by atoms with Gasteiger partial charge in [-0.1, -0.05) is 12.1 Å². The first-order valence-corrected chi connectivity index (χ1v) is 11.0. The molecule has 1 aromatic heterocycles. The fraction of sp³-hybridized carbons (Fsp3) is 0.320. The molecule has 8 nitrogen and oxygen atoms in total. The molecule has 0 bridgehead atoms. The van der Waals surface area contributed by atoms with E-state index in [-0.39, 0.29) is 17.4 Å². The van der Waals surface area contributed by atoms with Gasteiger partial charge < -0.3 is 19.7 Å². The number of nitrogens with zero attached hydrogens (tertiary/aromatic N) is 3. The Morgan fingerprint density at radius 1 is 1.06 bits per heavy atom. The molecule has 2 heterocycles. The number of methoxy groups -OCH3 is 2. The third kappa shape index (κ3) is 5.34. The van der Waals surface area contributed by atoms with Gasteiger partial charge in [-0.25, -0.2) is 0 Å². The van der Waals surface area contributed by atoms with Gasteiger partial charge in [-0.15, -0.1) is 5.10 Å². The van der Waals surface area contributed by atoms with Crippen LogP contribution in [-0.4, -0.2) is 43.0 Å². The first-order chi connectivity index (χ1) is 16.1. The molecular formula is C25H28N4O4. The van der Waals surface area contributed by atoms with Gasteiger partial charge in [0.2, 0.25) is 5.91 Å². The normalized spacial score (nSPS) is 15.7. The van der Waals surface area contributed by atoms with Gasteiger partial charge in [0.25, 0.3) is 5.56 Å². The van der Waals surface area contributed by atoms with Crippen LogP contribution in [0, 0.1) is 5.92 Å². The average Bonchev–Trinajstić information content (AvgIpc) is 2.88. The molecule has 0 unspecified atom stereocenters. The first-order valence-electron chi connectivity index (χ1n) is 11.0. The molecule has 33 heavy (non-hydrogen) atoms. The van der Waals surface area contributed by atoms with Crippen LogP contribution in [0.25, 0.3) is 5.69 Å². The molecule has 1 atom stereocenters. The number of ether oxygens (including phenoxy) is 2. The fourth-order valence-corrected chi connectivity index (χ4v) is 3.99. The number of piperidine rings is 1. The highest BCUT2D eigenvalue weighted by molar-refractivity contribution is 5.79. The summed E-state index contributed by atoms with van der Waals surface area (Å²) in [4.78, 5) is 27.3. The van der Waals surface area contributed by atoms with Crippen LogP contribution >= 0.6 is 0 Å². The van der Waals surface area contributed by atoms with Crippen LogP contribution in [-0.2, 0) is 11.3 Å². The molecule has 0 radical (unpaired) electrons. The van der Waals surface area contributed by atoms with E-state index < -0.39 is 0 Å². The predicted molar refractivity (Wildman–Crippen MR) is 126 cm³/mol. The lowest BCUT2D eigenvalue weighted by Crippen LogP contribution is -2.43. The number of hydrogen-bond acceptors (Lipinski definition) is 6. The summed E-state index contributed by atoms with van der Waals surface area (Å²) in [6.07, 6.45) is 1.69. The standard InChI is InChI=1S/C25H28N4O4/c1-32-21-10-8-20(9-11-21)29-24(30)13-12-23(27-29)28-14-4-6-19(17-28)25(31)26-16-18-5-3-7-22(15-18)33-2/h3,5,7-13,15,19H,4,6,14,16-17H2,1-2H3,(H,26,31)/t19-/m1/s1. The molecule has 0 aliphatic carbocycles. The molecule has 0 saturated carbocycles. The van der Waals surface area contributed by atoms with Crippen molar-refractivity contribution in [3.63, 3.8) is 0 Å². The van der Waals surface area contributed by atoms with E-state index in [1.54, 1.807) is 44.6 Å². The summed E-state index contributed by atoms with van der Waals surface area (Å²) in [6, 6.07) is 18.1. The van der Waals surface area contributed by atoms with E-state index in [0.29, 0.717) is 30.3 Å². The van der Waals surface area contributed by atoms with Crippen molar-refractivity contribution in [3.05, 3.63) is 76.6 Å². The zero-order chi connectivity index (χ0) is 23.2. The second-order valence-electron chi connectivity index (χ2n) is 7.99. The summed E-state index contributed by atoms with van der Waals surface area (Å²) in [5.74, 6) is 2.03. The van der Waals surface area contributed by atoms with Crippen molar-refractivity contribution in [3.8, 4) is 17.2 Å². The lowest BCUT2D eigenvalue weighted by molar-refractivity contribution is -0.125. The molecule has 8 heteroatoms. The van der Waals surface area contributed by atoms with Gasteiger partial charge in [0.1, 0.15) is 17.3 Å². The Labute approximate surface area is 192 Å². The summed E-state index contributed by atoms with van der Waals surface area (Å²) < 4.78 is 11.8. The second-order valence-corrected chi connectivity index (χ2v) is 7.99. The first kappa shape index (κ1) is 22.4. The van der Waals surface area contributed by atoms with Crippen LogP contribution in [0.1, 0.15) is 18.4 Å². The van der Waals surface area contributed by atoms with E-state index in [9.17, 15) is 9.59 Å². The molecule has 1 fully saturated rings. The van der Waals surface area contributed by atoms with E-state index in [1.165, 1.54) is 10.7 Å². The van der Waals surface area contributed by atoms with Crippen LogP contribution in [0.2, 0.25) is 0 Å². The van der Waals surface area contributed by atoms with Crippen molar-refractivity contribution in [2.75, 3.05) is 32.2 Å². The van der Waals surface area contributed by atoms with E-state index in [2.05, 4.69) is 15.3 Å². The summed E-state index contributed by atoms with van der Waals surface area (Å²) >= 11 is 0. The van der Waals surface area contributed by atoms with E-state index in [0.717, 1.165) is 30.7 Å². The van der Waals surface area contributed by atoms with E-state index in [4.69, 9.17) is 9.47 Å².